The van der Waals surface area contributed by atoms with Crippen LogP contribution >= 0.6 is 0 Å². The van der Waals surface area contributed by atoms with Gasteiger partial charge in [0.1, 0.15) is 0 Å². The number of para-hydroxylation sites is 2. The molecule has 0 aliphatic carbocycles. The van der Waals surface area contributed by atoms with Gasteiger partial charge in [0.2, 0.25) is 5.91 Å². The summed E-state index contributed by atoms with van der Waals surface area (Å²) in [5.41, 5.74) is 12.2. The molecule has 0 bridgehead atoms. The number of carbonyl (C=O) groups excluding carboxylic acids is 1. The molecule has 4 nitrogen and oxygen atoms in total. The largest absolute Gasteiger partial charge is 0.369 e. The van der Waals surface area contributed by atoms with Crippen LogP contribution in [0.25, 0.3) is 33.1 Å². The molecule has 2 aromatic heterocycles. The predicted octanol–water partition coefficient (Wildman–Crippen LogP) is 4.87. The molecule has 2 heterocycles. The molecule has 0 aliphatic rings. The van der Waals surface area contributed by atoms with Crippen LogP contribution in [0.4, 0.5) is 0 Å². The fourth-order valence-corrected chi connectivity index (χ4v) is 4.23. The highest BCUT2D eigenvalue weighted by atomic mass is 16.1. The zero-order chi connectivity index (χ0) is 19.8. The van der Waals surface area contributed by atoms with Crippen LogP contribution in [0.15, 0.2) is 85.1 Å². The Kier molecular flexibility index (Phi) is 4.17. The average Bonchev–Trinajstić information content (AvgIpc) is 3.28. The molecule has 0 radical (unpaired) electrons. The number of rotatable bonds is 5. The summed E-state index contributed by atoms with van der Waals surface area (Å²) >= 11 is 0. The molecular weight excluding hydrogens is 358 g/mol. The fraction of sp³-hybridized carbons (Fsp3) is 0.0800. The molecule has 0 saturated carbocycles. The summed E-state index contributed by atoms with van der Waals surface area (Å²) in [6, 6.07) is 26.9. The number of H-pyrrole nitrogens is 1. The Bertz CT molecular complexity index is 1330. The van der Waals surface area contributed by atoms with E-state index in [2.05, 4.69) is 58.1 Å². The molecule has 29 heavy (non-hydrogen) atoms. The van der Waals surface area contributed by atoms with Gasteiger partial charge < -0.3 is 15.3 Å². The third-order valence-electron chi connectivity index (χ3n) is 5.45. The zero-order valence-electron chi connectivity index (χ0n) is 15.9. The number of benzene rings is 3. The first-order valence-electron chi connectivity index (χ1n) is 9.71. The first-order valence-corrected chi connectivity index (χ1v) is 9.71. The van der Waals surface area contributed by atoms with Crippen molar-refractivity contribution < 1.29 is 4.79 Å². The summed E-state index contributed by atoms with van der Waals surface area (Å²) in [5.74, 6) is -0.325. The number of fused-ring (bicyclic) bond motifs is 2. The summed E-state index contributed by atoms with van der Waals surface area (Å²) < 4.78 is 2.30. The predicted molar refractivity (Wildman–Crippen MR) is 118 cm³/mol. The van der Waals surface area contributed by atoms with Crippen LogP contribution < -0.4 is 5.73 Å². The topological polar surface area (TPSA) is 63.8 Å². The summed E-state index contributed by atoms with van der Waals surface area (Å²) in [5, 5.41) is 2.21. The second-order valence-electron chi connectivity index (χ2n) is 7.31. The van der Waals surface area contributed by atoms with Crippen LogP contribution in [0, 0.1) is 0 Å². The quantitative estimate of drug-likeness (QED) is 0.450. The minimum atomic E-state index is -0.325. The van der Waals surface area contributed by atoms with E-state index in [9.17, 15) is 4.79 Å². The molecule has 5 rings (SSSR count). The molecule has 142 valence electrons. The number of nitrogens with one attached hydrogen (secondary N) is 1. The first-order chi connectivity index (χ1) is 14.2. The lowest BCUT2D eigenvalue weighted by Gasteiger charge is -2.12. The summed E-state index contributed by atoms with van der Waals surface area (Å²) in [6.45, 7) is 0.717. The van der Waals surface area contributed by atoms with E-state index >= 15 is 0 Å². The SMILES string of the molecule is NC(=O)Cc1c(-c2c[nH]c3ccccc23)n(Cc2ccccc2)c2ccccc12. The van der Waals surface area contributed by atoms with E-state index in [1.165, 1.54) is 5.56 Å². The molecule has 5 aromatic rings. The van der Waals surface area contributed by atoms with E-state index in [1.807, 2.05) is 36.5 Å². The summed E-state index contributed by atoms with van der Waals surface area (Å²) in [7, 11) is 0. The Balaban J connectivity index is 1.84. The number of nitrogens with zero attached hydrogens (tertiary/aromatic N) is 1. The van der Waals surface area contributed by atoms with Crippen LogP contribution in [0.3, 0.4) is 0 Å². The Morgan fingerprint density at radius 1 is 0.862 bits per heavy atom. The highest BCUT2D eigenvalue weighted by Gasteiger charge is 2.22. The van der Waals surface area contributed by atoms with Gasteiger partial charge >= 0.3 is 0 Å². The maximum Gasteiger partial charge on any atom is 0.221 e. The minimum absolute atomic E-state index is 0.205. The number of amides is 1. The molecule has 0 saturated heterocycles. The van der Waals surface area contributed by atoms with E-state index in [-0.39, 0.29) is 12.3 Å². The summed E-state index contributed by atoms with van der Waals surface area (Å²) in [6.07, 6.45) is 2.24. The van der Waals surface area contributed by atoms with Crippen molar-refractivity contribution >= 4 is 27.7 Å². The Labute approximate surface area is 168 Å². The highest BCUT2D eigenvalue weighted by Crippen LogP contribution is 2.38. The van der Waals surface area contributed by atoms with E-state index in [1.54, 1.807) is 0 Å². The van der Waals surface area contributed by atoms with Gasteiger partial charge in [-0.25, -0.2) is 0 Å². The number of aromatic nitrogens is 2. The molecule has 3 N–H and O–H groups in total. The molecule has 0 atom stereocenters. The fourth-order valence-electron chi connectivity index (χ4n) is 4.23. The average molecular weight is 379 g/mol. The van der Waals surface area contributed by atoms with Gasteiger partial charge in [-0.2, -0.15) is 0 Å². The van der Waals surface area contributed by atoms with Gasteiger partial charge in [0.05, 0.1) is 12.1 Å². The van der Waals surface area contributed by atoms with Gasteiger partial charge in [-0.05, 0) is 23.3 Å². The van der Waals surface area contributed by atoms with Crippen LogP contribution in [0.1, 0.15) is 11.1 Å². The second-order valence-corrected chi connectivity index (χ2v) is 7.31. The highest BCUT2D eigenvalue weighted by molar-refractivity contribution is 6.02. The second kappa shape index (κ2) is 6.99. The van der Waals surface area contributed by atoms with Gasteiger partial charge in [0, 0.05) is 40.1 Å². The van der Waals surface area contributed by atoms with E-state index in [4.69, 9.17) is 5.73 Å². The van der Waals surface area contributed by atoms with Crippen molar-refractivity contribution in [2.75, 3.05) is 0 Å². The Morgan fingerprint density at radius 2 is 1.55 bits per heavy atom. The zero-order valence-corrected chi connectivity index (χ0v) is 15.9. The number of aromatic amines is 1. The van der Waals surface area contributed by atoms with Crippen molar-refractivity contribution in [3.63, 3.8) is 0 Å². The van der Waals surface area contributed by atoms with Gasteiger partial charge in [0.15, 0.2) is 0 Å². The van der Waals surface area contributed by atoms with E-state index in [0.29, 0.717) is 0 Å². The molecule has 3 aromatic carbocycles. The number of nitrogens with two attached hydrogens (primary N) is 1. The van der Waals surface area contributed by atoms with Crippen molar-refractivity contribution in [3.8, 4) is 11.3 Å². The van der Waals surface area contributed by atoms with Crippen LogP contribution in [-0.4, -0.2) is 15.5 Å². The van der Waals surface area contributed by atoms with Gasteiger partial charge in [0.25, 0.3) is 0 Å². The minimum Gasteiger partial charge on any atom is -0.369 e. The number of hydrogen-bond donors (Lipinski definition) is 2. The van der Waals surface area contributed by atoms with Crippen LogP contribution in [-0.2, 0) is 17.8 Å². The molecule has 0 unspecified atom stereocenters. The van der Waals surface area contributed by atoms with Gasteiger partial charge in [-0.1, -0.05) is 66.7 Å². The van der Waals surface area contributed by atoms with Crippen molar-refractivity contribution in [3.05, 3.63) is 96.2 Å². The normalized spacial score (nSPS) is 11.3. The summed E-state index contributed by atoms with van der Waals surface area (Å²) in [4.78, 5) is 15.3. The van der Waals surface area contributed by atoms with E-state index in [0.717, 1.165) is 45.2 Å². The molecular formula is C25H21N3O. The Hall–Kier alpha value is -3.79. The lowest BCUT2D eigenvalue weighted by molar-refractivity contribution is -0.117. The Morgan fingerprint density at radius 3 is 2.34 bits per heavy atom. The molecule has 0 aliphatic heterocycles. The molecule has 4 heteroatoms. The molecule has 1 amide bonds. The number of hydrogen-bond acceptors (Lipinski definition) is 1. The smallest absolute Gasteiger partial charge is 0.221 e. The lowest BCUT2D eigenvalue weighted by Crippen LogP contribution is -2.14. The number of carbonyl (C=O) groups is 1. The number of primary amides is 1. The van der Waals surface area contributed by atoms with Crippen LogP contribution in [0.2, 0.25) is 0 Å². The maximum atomic E-state index is 12.0. The van der Waals surface area contributed by atoms with Crippen molar-refractivity contribution in [1.82, 2.24) is 9.55 Å². The van der Waals surface area contributed by atoms with E-state index < -0.39 is 0 Å². The third-order valence-corrected chi connectivity index (χ3v) is 5.45. The van der Waals surface area contributed by atoms with Crippen LogP contribution in [0.5, 0.6) is 0 Å². The van der Waals surface area contributed by atoms with Crippen molar-refractivity contribution in [2.24, 2.45) is 5.73 Å². The van der Waals surface area contributed by atoms with Crippen molar-refractivity contribution in [1.29, 1.82) is 0 Å². The lowest BCUT2D eigenvalue weighted by atomic mass is 10.0. The monoisotopic (exact) mass is 379 g/mol. The van der Waals surface area contributed by atoms with Gasteiger partial charge in [-0.3, -0.25) is 4.79 Å². The standard InChI is InChI=1S/C25H21N3O/c26-24(29)14-20-19-11-5-7-13-23(19)28(16-17-8-2-1-3-9-17)25(20)21-15-27-22-12-6-4-10-18(21)22/h1-13,15,27H,14,16H2,(H2,26,29). The maximum absolute atomic E-state index is 12.0. The van der Waals surface area contributed by atoms with Crippen molar-refractivity contribution in [2.45, 2.75) is 13.0 Å². The molecule has 0 spiro atoms. The molecule has 0 fully saturated rings. The third kappa shape index (κ3) is 2.99. The van der Waals surface area contributed by atoms with Gasteiger partial charge in [-0.15, -0.1) is 0 Å². The first kappa shape index (κ1) is 17.3.